The summed E-state index contributed by atoms with van der Waals surface area (Å²) in [5.41, 5.74) is 3.15. The first-order chi connectivity index (χ1) is 10.3. The minimum atomic E-state index is -0.380. The molecule has 0 N–H and O–H groups in total. The third-order valence-corrected chi connectivity index (χ3v) is 3.62. The lowest BCUT2D eigenvalue weighted by Crippen LogP contribution is -1.99. The van der Waals surface area contributed by atoms with Crippen LogP contribution in [0, 0.1) is 5.82 Å². The van der Waals surface area contributed by atoms with Crippen LogP contribution in [0.4, 0.5) is 4.39 Å². The molecule has 1 aromatic heterocycles. The molecule has 0 saturated carbocycles. The topological polar surface area (TPSA) is 42.9 Å². The first kappa shape index (κ1) is 11.9. The second kappa shape index (κ2) is 4.31. The lowest BCUT2D eigenvalue weighted by molar-refractivity contribution is 0.104. The van der Waals surface area contributed by atoms with Gasteiger partial charge in [0.2, 0.25) is 0 Å². The molecule has 3 nitrogen and oxygen atoms in total. The summed E-state index contributed by atoms with van der Waals surface area (Å²) in [4.78, 5) is 12.4. The van der Waals surface area contributed by atoms with Crippen molar-refractivity contribution in [3.05, 3.63) is 71.5 Å². The minimum absolute atomic E-state index is 0.0897. The fourth-order valence-electron chi connectivity index (χ4n) is 2.60. The van der Waals surface area contributed by atoms with Crippen LogP contribution in [-0.2, 0) is 0 Å². The number of carbonyl (C=O) groups is 1. The lowest BCUT2D eigenvalue weighted by atomic mass is 10.1. The van der Waals surface area contributed by atoms with Crippen LogP contribution in [0.15, 0.2) is 54.6 Å². The quantitative estimate of drug-likeness (QED) is 0.534. The van der Waals surface area contributed by atoms with E-state index in [4.69, 9.17) is 0 Å². The first-order valence-corrected chi connectivity index (χ1v) is 6.52. The molecule has 1 aliphatic carbocycles. The van der Waals surface area contributed by atoms with Gasteiger partial charge in [-0.25, -0.2) is 4.39 Å². The summed E-state index contributed by atoms with van der Waals surface area (Å²) in [6.07, 6.45) is 0. The highest BCUT2D eigenvalue weighted by Gasteiger charge is 2.28. The van der Waals surface area contributed by atoms with Gasteiger partial charge in [0.05, 0.1) is 11.3 Å². The third-order valence-electron chi connectivity index (χ3n) is 3.62. The molecular weight excluding hydrogens is 267 g/mol. The minimum Gasteiger partial charge on any atom is -0.289 e. The van der Waals surface area contributed by atoms with Crippen molar-refractivity contribution in [2.24, 2.45) is 0 Å². The molecule has 0 spiro atoms. The Balaban J connectivity index is 1.92. The number of hydrogen-bond acceptors (Lipinski definition) is 3. The Hall–Kier alpha value is -2.88. The van der Waals surface area contributed by atoms with Crippen molar-refractivity contribution < 1.29 is 9.18 Å². The number of fused-ring (bicyclic) bond motifs is 3. The molecule has 0 unspecified atom stereocenters. The van der Waals surface area contributed by atoms with E-state index < -0.39 is 0 Å². The standard InChI is InChI=1S/C17H9FN2O/c18-14-8-4-3-7-12(14)15-9-13-16(20-19-15)10-5-1-2-6-11(10)17(13)21/h1-9H. The van der Waals surface area contributed by atoms with Crippen LogP contribution < -0.4 is 0 Å². The van der Waals surface area contributed by atoms with Crippen molar-refractivity contribution >= 4 is 5.78 Å². The second-order valence-corrected chi connectivity index (χ2v) is 4.85. The normalized spacial score (nSPS) is 12.1. The number of carbonyl (C=O) groups excluding carboxylic acids is 1. The molecule has 21 heavy (non-hydrogen) atoms. The van der Waals surface area contributed by atoms with E-state index in [1.807, 2.05) is 18.2 Å². The Bertz CT molecular complexity index is 889. The molecule has 1 heterocycles. The Morgan fingerprint density at radius 1 is 0.762 bits per heavy atom. The van der Waals surface area contributed by atoms with Gasteiger partial charge in [0.25, 0.3) is 0 Å². The van der Waals surface area contributed by atoms with E-state index in [-0.39, 0.29) is 11.6 Å². The number of hydrogen-bond donors (Lipinski definition) is 0. The van der Waals surface area contributed by atoms with E-state index in [1.165, 1.54) is 6.07 Å². The predicted molar refractivity (Wildman–Crippen MR) is 76.3 cm³/mol. The molecule has 2 aromatic carbocycles. The van der Waals surface area contributed by atoms with E-state index in [2.05, 4.69) is 10.2 Å². The summed E-state index contributed by atoms with van der Waals surface area (Å²) in [5, 5.41) is 8.20. The molecule has 0 saturated heterocycles. The van der Waals surface area contributed by atoms with Gasteiger partial charge in [-0.15, -0.1) is 10.2 Å². The van der Waals surface area contributed by atoms with Crippen molar-refractivity contribution in [2.75, 3.05) is 0 Å². The number of halogens is 1. The maximum absolute atomic E-state index is 13.8. The van der Waals surface area contributed by atoms with Crippen molar-refractivity contribution in [1.29, 1.82) is 0 Å². The highest BCUT2D eigenvalue weighted by atomic mass is 19.1. The molecule has 4 heteroatoms. The average Bonchev–Trinajstić information content (AvgIpc) is 2.81. The Kier molecular flexibility index (Phi) is 2.44. The Labute approximate surface area is 120 Å². The molecule has 0 amide bonds. The summed E-state index contributed by atoms with van der Waals surface area (Å²) in [7, 11) is 0. The summed E-state index contributed by atoms with van der Waals surface area (Å²) >= 11 is 0. The monoisotopic (exact) mass is 276 g/mol. The maximum Gasteiger partial charge on any atom is 0.196 e. The van der Waals surface area contributed by atoms with Crippen LogP contribution in [0.25, 0.3) is 22.5 Å². The molecule has 4 rings (SSSR count). The van der Waals surface area contributed by atoms with Crippen LogP contribution >= 0.6 is 0 Å². The molecule has 0 radical (unpaired) electrons. The van der Waals surface area contributed by atoms with Crippen molar-refractivity contribution in [3.63, 3.8) is 0 Å². The molecule has 0 bridgehead atoms. The van der Waals surface area contributed by atoms with Gasteiger partial charge in [0.15, 0.2) is 5.78 Å². The average molecular weight is 276 g/mol. The second-order valence-electron chi connectivity index (χ2n) is 4.85. The fraction of sp³-hybridized carbons (Fsp3) is 0. The van der Waals surface area contributed by atoms with Gasteiger partial charge in [0, 0.05) is 16.7 Å². The highest BCUT2D eigenvalue weighted by molar-refractivity contribution is 6.21. The smallest absolute Gasteiger partial charge is 0.196 e. The number of benzene rings is 2. The Morgan fingerprint density at radius 3 is 2.19 bits per heavy atom. The number of nitrogens with zero attached hydrogens (tertiary/aromatic N) is 2. The zero-order chi connectivity index (χ0) is 14.4. The van der Waals surface area contributed by atoms with Crippen molar-refractivity contribution in [1.82, 2.24) is 10.2 Å². The predicted octanol–water partition coefficient (Wildman–Crippen LogP) is 3.49. The van der Waals surface area contributed by atoms with Gasteiger partial charge < -0.3 is 0 Å². The molecule has 1 aliphatic rings. The Morgan fingerprint density at radius 2 is 1.43 bits per heavy atom. The number of aromatic nitrogens is 2. The van der Waals surface area contributed by atoms with Gasteiger partial charge in [0.1, 0.15) is 11.5 Å². The zero-order valence-electron chi connectivity index (χ0n) is 10.9. The lowest BCUT2D eigenvalue weighted by Gasteiger charge is -2.03. The molecule has 100 valence electrons. The fourth-order valence-corrected chi connectivity index (χ4v) is 2.60. The van der Waals surface area contributed by atoms with E-state index in [0.29, 0.717) is 28.1 Å². The van der Waals surface area contributed by atoms with E-state index in [0.717, 1.165) is 5.56 Å². The number of rotatable bonds is 1. The van der Waals surface area contributed by atoms with E-state index in [9.17, 15) is 9.18 Å². The zero-order valence-corrected chi connectivity index (χ0v) is 10.9. The van der Waals surface area contributed by atoms with Crippen LogP contribution in [0.1, 0.15) is 15.9 Å². The van der Waals surface area contributed by atoms with Crippen LogP contribution in [-0.4, -0.2) is 16.0 Å². The largest absolute Gasteiger partial charge is 0.289 e. The van der Waals surface area contributed by atoms with Crippen LogP contribution in [0.3, 0.4) is 0 Å². The molecule has 0 aliphatic heterocycles. The van der Waals surface area contributed by atoms with Gasteiger partial charge in [-0.05, 0) is 18.2 Å². The molecular formula is C17H9FN2O. The molecule has 0 atom stereocenters. The maximum atomic E-state index is 13.8. The van der Waals surface area contributed by atoms with Crippen LogP contribution in [0.5, 0.6) is 0 Å². The van der Waals surface area contributed by atoms with Gasteiger partial charge in [-0.2, -0.15) is 0 Å². The SMILES string of the molecule is O=C1c2ccccc2-c2nnc(-c3ccccc3F)cc21. The summed E-state index contributed by atoms with van der Waals surface area (Å²) in [6.45, 7) is 0. The highest BCUT2D eigenvalue weighted by Crippen LogP contribution is 2.35. The first-order valence-electron chi connectivity index (χ1n) is 6.52. The van der Waals surface area contributed by atoms with Gasteiger partial charge in [-0.1, -0.05) is 36.4 Å². The summed E-state index contributed by atoms with van der Waals surface area (Å²) in [6, 6.07) is 15.2. The molecule has 0 fully saturated rings. The molecule has 3 aromatic rings. The third kappa shape index (κ3) is 1.69. The van der Waals surface area contributed by atoms with Crippen molar-refractivity contribution in [2.45, 2.75) is 0 Å². The van der Waals surface area contributed by atoms with Crippen LogP contribution in [0.2, 0.25) is 0 Å². The summed E-state index contributed by atoms with van der Waals surface area (Å²) in [5.74, 6) is -0.470. The van der Waals surface area contributed by atoms with Gasteiger partial charge >= 0.3 is 0 Å². The van der Waals surface area contributed by atoms with E-state index >= 15 is 0 Å². The summed E-state index contributed by atoms with van der Waals surface area (Å²) < 4.78 is 13.8. The van der Waals surface area contributed by atoms with Crippen molar-refractivity contribution in [3.8, 4) is 22.5 Å². The van der Waals surface area contributed by atoms with Gasteiger partial charge in [-0.3, -0.25) is 4.79 Å². The number of ketones is 1. The van der Waals surface area contributed by atoms with E-state index in [1.54, 1.807) is 30.3 Å².